The van der Waals surface area contributed by atoms with Crippen LogP contribution in [0.5, 0.6) is 6.01 Å². The van der Waals surface area contributed by atoms with Crippen molar-refractivity contribution < 1.29 is 4.74 Å². The fourth-order valence-corrected chi connectivity index (χ4v) is 3.64. The van der Waals surface area contributed by atoms with Crippen molar-refractivity contribution in [3.63, 3.8) is 0 Å². The Balaban J connectivity index is 1.74. The Hall–Kier alpha value is -4.70. The van der Waals surface area contributed by atoms with Gasteiger partial charge < -0.3 is 4.74 Å². The van der Waals surface area contributed by atoms with Gasteiger partial charge in [-0.3, -0.25) is 9.47 Å². The van der Waals surface area contributed by atoms with Crippen molar-refractivity contribution in [1.82, 2.24) is 24.5 Å². The maximum atomic E-state index is 5.65. The Bertz CT molecular complexity index is 1400. The predicted molar refractivity (Wildman–Crippen MR) is 128 cm³/mol. The Kier molecular flexibility index (Phi) is 5.40. The van der Waals surface area contributed by atoms with Gasteiger partial charge in [0.1, 0.15) is 5.82 Å². The Labute approximate surface area is 191 Å². The molecule has 2 heterocycles. The standard InChI is InChI=1S/C26H20N6O/c1-3-18-33-26-29-24(31-19(2)27-22-16-10-11-17-23(22)31)28-25(30-26)32(20-12-6-4-7-13-20)21-14-8-5-9-15-21/h1,4-17H,18H2,2H3. The highest BCUT2D eigenvalue weighted by molar-refractivity contribution is 5.78. The molecule has 0 bridgehead atoms. The first-order valence-corrected chi connectivity index (χ1v) is 10.4. The fraction of sp³-hybridized carbons (Fsp3) is 0.0769. The minimum absolute atomic E-state index is 0.0449. The Morgan fingerprint density at radius 1 is 0.818 bits per heavy atom. The summed E-state index contributed by atoms with van der Waals surface area (Å²) in [6.45, 7) is 1.96. The first-order chi connectivity index (χ1) is 16.2. The van der Waals surface area contributed by atoms with Crippen LogP contribution < -0.4 is 9.64 Å². The number of aryl methyl sites for hydroxylation is 1. The van der Waals surface area contributed by atoms with E-state index < -0.39 is 0 Å². The van der Waals surface area contributed by atoms with Crippen LogP contribution in [0.15, 0.2) is 84.9 Å². The Morgan fingerprint density at radius 3 is 2.12 bits per heavy atom. The molecule has 0 fully saturated rings. The van der Waals surface area contributed by atoms with Crippen LogP contribution in [-0.4, -0.2) is 31.1 Å². The summed E-state index contributed by atoms with van der Waals surface area (Å²) in [4.78, 5) is 20.6. The molecule has 7 nitrogen and oxygen atoms in total. The molecule has 7 heteroatoms. The highest BCUT2D eigenvalue weighted by Gasteiger charge is 2.20. The number of hydrogen-bond acceptors (Lipinski definition) is 6. The average molecular weight is 432 g/mol. The van der Waals surface area contributed by atoms with Crippen molar-refractivity contribution >= 4 is 28.4 Å². The minimum atomic E-state index is 0.0449. The number of imidazole rings is 1. The summed E-state index contributed by atoms with van der Waals surface area (Å²) in [6, 6.07) is 27.8. The van der Waals surface area contributed by atoms with Gasteiger partial charge >= 0.3 is 6.01 Å². The summed E-state index contributed by atoms with van der Waals surface area (Å²) < 4.78 is 7.54. The number of ether oxygens (including phenoxy) is 1. The van der Waals surface area contributed by atoms with Crippen LogP contribution in [-0.2, 0) is 0 Å². The minimum Gasteiger partial charge on any atom is -0.450 e. The molecule has 0 aliphatic rings. The lowest BCUT2D eigenvalue weighted by molar-refractivity contribution is 0.338. The van der Waals surface area contributed by atoms with E-state index in [0.717, 1.165) is 28.2 Å². The number of fused-ring (bicyclic) bond motifs is 1. The van der Waals surface area contributed by atoms with Crippen LogP contribution >= 0.6 is 0 Å². The van der Waals surface area contributed by atoms with Crippen LogP contribution in [0.1, 0.15) is 5.82 Å². The van der Waals surface area contributed by atoms with Gasteiger partial charge in [-0.05, 0) is 43.3 Å². The van der Waals surface area contributed by atoms with Gasteiger partial charge in [-0.2, -0.15) is 15.0 Å². The maximum absolute atomic E-state index is 5.65. The largest absolute Gasteiger partial charge is 0.450 e. The lowest BCUT2D eigenvalue weighted by atomic mass is 10.2. The molecular weight excluding hydrogens is 412 g/mol. The highest BCUT2D eigenvalue weighted by Crippen LogP contribution is 2.33. The molecule has 0 aliphatic heterocycles. The molecule has 0 radical (unpaired) electrons. The normalized spacial score (nSPS) is 10.7. The summed E-state index contributed by atoms with van der Waals surface area (Å²) in [7, 11) is 0. The average Bonchev–Trinajstić information content (AvgIpc) is 3.20. The zero-order chi connectivity index (χ0) is 22.6. The van der Waals surface area contributed by atoms with E-state index in [1.165, 1.54) is 0 Å². The van der Waals surface area contributed by atoms with Gasteiger partial charge in [0.05, 0.1) is 11.0 Å². The molecular formula is C26H20N6O. The van der Waals surface area contributed by atoms with E-state index in [1.807, 2.05) is 101 Å². The van der Waals surface area contributed by atoms with Gasteiger partial charge in [-0.1, -0.05) is 54.5 Å². The topological polar surface area (TPSA) is 69.0 Å². The highest BCUT2D eigenvalue weighted by atomic mass is 16.5. The molecule has 0 aliphatic carbocycles. The number of anilines is 3. The monoisotopic (exact) mass is 432 g/mol. The second kappa shape index (κ2) is 8.81. The number of benzene rings is 3. The van der Waals surface area contributed by atoms with Crippen LogP contribution in [0.3, 0.4) is 0 Å². The summed E-state index contributed by atoms with van der Waals surface area (Å²) in [5, 5.41) is 0. The van der Waals surface area contributed by atoms with Gasteiger partial charge in [0.2, 0.25) is 11.9 Å². The molecule has 0 saturated carbocycles. The second-order valence-corrected chi connectivity index (χ2v) is 7.20. The van der Waals surface area contributed by atoms with E-state index in [-0.39, 0.29) is 12.6 Å². The molecule has 5 rings (SSSR count). The molecule has 0 N–H and O–H groups in total. The van der Waals surface area contributed by atoms with Gasteiger partial charge in [0, 0.05) is 11.4 Å². The molecule has 0 saturated heterocycles. The van der Waals surface area contributed by atoms with Crippen molar-refractivity contribution in [1.29, 1.82) is 0 Å². The second-order valence-electron chi connectivity index (χ2n) is 7.20. The van der Waals surface area contributed by atoms with E-state index in [4.69, 9.17) is 16.1 Å². The van der Waals surface area contributed by atoms with Crippen LogP contribution in [0.25, 0.3) is 17.0 Å². The van der Waals surface area contributed by atoms with Crippen LogP contribution in [0.4, 0.5) is 17.3 Å². The number of nitrogens with zero attached hydrogens (tertiary/aromatic N) is 6. The first-order valence-electron chi connectivity index (χ1n) is 10.4. The SMILES string of the molecule is C#CCOc1nc(N(c2ccccc2)c2ccccc2)nc(-n2c(C)nc3ccccc32)n1. The number of aromatic nitrogens is 5. The molecule has 2 aromatic heterocycles. The summed E-state index contributed by atoms with van der Waals surface area (Å²) in [6.07, 6.45) is 5.42. The summed E-state index contributed by atoms with van der Waals surface area (Å²) >= 11 is 0. The molecule has 33 heavy (non-hydrogen) atoms. The smallest absolute Gasteiger partial charge is 0.324 e. The van der Waals surface area contributed by atoms with Gasteiger partial charge in [0.25, 0.3) is 0 Å². The number of rotatable bonds is 6. The fourth-order valence-electron chi connectivity index (χ4n) is 3.64. The van der Waals surface area contributed by atoms with Crippen LogP contribution in [0, 0.1) is 19.3 Å². The van der Waals surface area contributed by atoms with Crippen molar-refractivity contribution in [2.75, 3.05) is 11.5 Å². The number of hydrogen-bond donors (Lipinski definition) is 0. The van der Waals surface area contributed by atoms with Crippen molar-refractivity contribution in [2.24, 2.45) is 0 Å². The van der Waals surface area contributed by atoms with E-state index in [2.05, 4.69) is 20.9 Å². The van der Waals surface area contributed by atoms with Crippen molar-refractivity contribution in [3.8, 4) is 24.3 Å². The first kappa shape index (κ1) is 20.2. The van der Waals surface area contributed by atoms with Crippen molar-refractivity contribution in [3.05, 3.63) is 90.8 Å². The number of para-hydroxylation sites is 4. The molecule has 5 aromatic rings. The van der Waals surface area contributed by atoms with Gasteiger partial charge in [-0.15, -0.1) is 6.42 Å². The van der Waals surface area contributed by atoms with E-state index in [0.29, 0.717) is 11.9 Å². The van der Waals surface area contributed by atoms with E-state index in [9.17, 15) is 0 Å². The lowest BCUT2D eigenvalue weighted by Crippen LogP contribution is -2.17. The predicted octanol–water partition coefficient (Wildman–Crippen LogP) is 5.00. The summed E-state index contributed by atoms with van der Waals surface area (Å²) in [5.74, 6) is 4.02. The maximum Gasteiger partial charge on any atom is 0.324 e. The zero-order valence-electron chi connectivity index (χ0n) is 18.0. The third kappa shape index (κ3) is 3.98. The van der Waals surface area contributed by atoms with E-state index in [1.54, 1.807) is 0 Å². The molecule has 0 spiro atoms. The lowest BCUT2D eigenvalue weighted by Gasteiger charge is -2.23. The third-order valence-corrected chi connectivity index (χ3v) is 5.03. The number of terminal acetylenes is 1. The Morgan fingerprint density at radius 2 is 1.45 bits per heavy atom. The molecule has 3 aromatic carbocycles. The van der Waals surface area contributed by atoms with Gasteiger partial charge in [0.15, 0.2) is 6.61 Å². The molecule has 0 unspecified atom stereocenters. The van der Waals surface area contributed by atoms with Gasteiger partial charge in [-0.25, -0.2) is 4.98 Å². The van der Waals surface area contributed by atoms with E-state index >= 15 is 0 Å². The van der Waals surface area contributed by atoms with Crippen molar-refractivity contribution in [2.45, 2.75) is 6.92 Å². The summed E-state index contributed by atoms with van der Waals surface area (Å²) in [5.41, 5.74) is 3.54. The molecule has 0 amide bonds. The zero-order valence-corrected chi connectivity index (χ0v) is 18.0. The third-order valence-electron chi connectivity index (χ3n) is 5.03. The van der Waals surface area contributed by atoms with Crippen LogP contribution in [0.2, 0.25) is 0 Å². The molecule has 160 valence electrons. The quantitative estimate of drug-likeness (QED) is 0.352. The molecule has 0 atom stereocenters.